The van der Waals surface area contributed by atoms with Crippen LogP contribution in [0.4, 0.5) is 18.9 Å². The zero-order valence-electron chi connectivity index (χ0n) is 14.9. The number of halogens is 3. The van der Waals surface area contributed by atoms with E-state index in [9.17, 15) is 28.1 Å². The molecule has 29 heavy (non-hydrogen) atoms. The van der Waals surface area contributed by atoms with Gasteiger partial charge in [0.1, 0.15) is 12.4 Å². The molecule has 0 radical (unpaired) electrons. The van der Waals surface area contributed by atoms with Gasteiger partial charge in [0.2, 0.25) is 5.91 Å². The molecule has 6 nitrogen and oxygen atoms in total. The van der Waals surface area contributed by atoms with Crippen LogP contribution in [0.1, 0.15) is 11.1 Å². The minimum absolute atomic E-state index is 0.0232. The molecule has 0 heterocycles. The SMILES string of the molecule is O=C(/C=C/c1ccc([N+](=O)[O-])cc1)NCC#CCOc1cccc(C(F)(F)F)c1. The highest BCUT2D eigenvalue weighted by Gasteiger charge is 2.30. The molecule has 1 N–H and O–H groups in total. The van der Waals surface area contributed by atoms with Crippen LogP contribution in [0, 0.1) is 22.0 Å². The molecule has 0 unspecified atom stereocenters. The number of amides is 1. The number of hydrogen-bond donors (Lipinski definition) is 1. The molecule has 0 bridgehead atoms. The second-order valence-electron chi connectivity index (χ2n) is 5.57. The number of rotatable bonds is 6. The Morgan fingerprint density at radius 1 is 1.17 bits per heavy atom. The number of hydrogen-bond acceptors (Lipinski definition) is 4. The van der Waals surface area contributed by atoms with Crippen molar-refractivity contribution in [1.29, 1.82) is 0 Å². The lowest BCUT2D eigenvalue weighted by atomic mass is 10.2. The van der Waals surface area contributed by atoms with E-state index >= 15 is 0 Å². The highest BCUT2D eigenvalue weighted by molar-refractivity contribution is 5.91. The van der Waals surface area contributed by atoms with Crippen molar-refractivity contribution in [3.8, 4) is 17.6 Å². The van der Waals surface area contributed by atoms with Crippen LogP contribution in [0.15, 0.2) is 54.6 Å². The smallest absolute Gasteiger partial charge is 0.416 e. The molecule has 0 aliphatic rings. The number of benzene rings is 2. The van der Waals surface area contributed by atoms with Crippen molar-refractivity contribution < 1.29 is 27.6 Å². The Bertz CT molecular complexity index is 958. The van der Waals surface area contributed by atoms with E-state index in [-0.39, 0.29) is 24.6 Å². The van der Waals surface area contributed by atoms with Gasteiger partial charge in [0, 0.05) is 18.2 Å². The quantitative estimate of drug-likeness (QED) is 0.343. The zero-order valence-corrected chi connectivity index (χ0v) is 14.9. The van der Waals surface area contributed by atoms with Crippen LogP contribution in [0.5, 0.6) is 5.75 Å². The predicted molar refractivity (Wildman–Crippen MR) is 99.9 cm³/mol. The minimum Gasteiger partial charge on any atom is -0.481 e. The van der Waals surface area contributed by atoms with E-state index in [1.165, 1.54) is 48.6 Å². The molecule has 0 aromatic heterocycles. The summed E-state index contributed by atoms with van der Waals surface area (Å²) in [5.41, 5.74) is -0.240. The third-order valence-corrected chi connectivity index (χ3v) is 3.48. The fourth-order valence-electron chi connectivity index (χ4n) is 2.06. The summed E-state index contributed by atoms with van der Waals surface area (Å²) in [7, 11) is 0. The van der Waals surface area contributed by atoms with Crippen LogP contribution in [0.25, 0.3) is 6.08 Å². The molecule has 0 spiro atoms. The van der Waals surface area contributed by atoms with Crippen molar-refractivity contribution in [1.82, 2.24) is 5.32 Å². The highest BCUT2D eigenvalue weighted by atomic mass is 19.4. The van der Waals surface area contributed by atoms with Gasteiger partial charge in [-0.05, 0) is 42.0 Å². The first-order chi connectivity index (χ1) is 13.8. The molecule has 0 atom stereocenters. The lowest BCUT2D eigenvalue weighted by Crippen LogP contribution is -2.21. The predicted octanol–water partition coefficient (Wildman–Crippen LogP) is 3.83. The van der Waals surface area contributed by atoms with Gasteiger partial charge in [0.05, 0.1) is 17.0 Å². The maximum absolute atomic E-state index is 12.6. The third kappa shape index (κ3) is 7.38. The van der Waals surface area contributed by atoms with E-state index in [0.29, 0.717) is 5.56 Å². The molecule has 0 saturated heterocycles. The van der Waals surface area contributed by atoms with Crippen LogP contribution in [0.2, 0.25) is 0 Å². The third-order valence-electron chi connectivity index (χ3n) is 3.48. The summed E-state index contributed by atoms with van der Waals surface area (Å²) in [4.78, 5) is 21.7. The summed E-state index contributed by atoms with van der Waals surface area (Å²) in [5.74, 6) is 4.82. The number of nitrogens with one attached hydrogen (secondary N) is 1. The highest BCUT2D eigenvalue weighted by Crippen LogP contribution is 2.31. The van der Waals surface area contributed by atoms with Crippen molar-refractivity contribution in [2.75, 3.05) is 13.2 Å². The van der Waals surface area contributed by atoms with Gasteiger partial charge in [-0.2, -0.15) is 13.2 Å². The van der Waals surface area contributed by atoms with Gasteiger partial charge in [-0.15, -0.1) is 0 Å². The van der Waals surface area contributed by atoms with Gasteiger partial charge < -0.3 is 10.1 Å². The molecule has 2 aromatic carbocycles. The standard InChI is InChI=1S/C20H15F3N2O4/c21-20(22,23)16-4-3-5-18(14-16)29-13-2-1-12-24-19(26)11-8-15-6-9-17(10-7-15)25(27)28/h3-11,14H,12-13H2,(H,24,26)/b11-8+. The first-order valence-corrected chi connectivity index (χ1v) is 8.22. The monoisotopic (exact) mass is 404 g/mol. The van der Waals surface area contributed by atoms with Crippen molar-refractivity contribution in [2.24, 2.45) is 0 Å². The fourth-order valence-corrected chi connectivity index (χ4v) is 2.06. The largest absolute Gasteiger partial charge is 0.481 e. The molecular weight excluding hydrogens is 389 g/mol. The van der Waals surface area contributed by atoms with E-state index < -0.39 is 22.6 Å². The average molecular weight is 404 g/mol. The van der Waals surface area contributed by atoms with E-state index in [1.54, 1.807) is 0 Å². The normalized spacial score (nSPS) is 10.9. The Labute approximate surface area is 164 Å². The Balaban J connectivity index is 1.74. The van der Waals surface area contributed by atoms with Crippen LogP contribution < -0.4 is 10.1 Å². The maximum atomic E-state index is 12.6. The molecule has 150 valence electrons. The summed E-state index contributed by atoms with van der Waals surface area (Å²) in [5, 5.41) is 13.1. The second-order valence-corrected chi connectivity index (χ2v) is 5.57. The number of ether oxygens (including phenoxy) is 1. The van der Waals surface area contributed by atoms with Gasteiger partial charge in [-0.25, -0.2) is 0 Å². The van der Waals surface area contributed by atoms with E-state index in [1.807, 2.05) is 0 Å². The van der Waals surface area contributed by atoms with Crippen molar-refractivity contribution in [2.45, 2.75) is 6.18 Å². The van der Waals surface area contributed by atoms with Crippen LogP contribution >= 0.6 is 0 Å². The number of nitro groups is 1. The number of alkyl halides is 3. The lowest BCUT2D eigenvalue weighted by Gasteiger charge is -2.08. The average Bonchev–Trinajstić information content (AvgIpc) is 2.69. The van der Waals surface area contributed by atoms with Crippen molar-refractivity contribution in [3.05, 3.63) is 75.8 Å². The van der Waals surface area contributed by atoms with Gasteiger partial charge in [0.25, 0.3) is 5.69 Å². The molecule has 2 rings (SSSR count). The maximum Gasteiger partial charge on any atom is 0.416 e. The first-order valence-electron chi connectivity index (χ1n) is 8.22. The minimum atomic E-state index is -4.45. The zero-order chi connectivity index (χ0) is 21.3. The molecule has 0 fully saturated rings. The molecule has 0 saturated carbocycles. The summed E-state index contributed by atoms with van der Waals surface area (Å²) in [6, 6.07) is 10.1. The fraction of sp³-hybridized carbons (Fsp3) is 0.150. The Kier molecular flexibility index (Phi) is 7.37. The topological polar surface area (TPSA) is 81.5 Å². The number of non-ortho nitro benzene ring substituents is 1. The number of carbonyl (C=O) groups excluding carboxylic acids is 1. The Hall–Kier alpha value is -3.80. The second kappa shape index (κ2) is 9.94. The molecule has 0 aliphatic heterocycles. The van der Waals surface area contributed by atoms with E-state index in [2.05, 4.69) is 17.2 Å². The molecule has 2 aromatic rings. The summed E-state index contributed by atoms with van der Waals surface area (Å²) >= 11 is 0. The van der Waals surface area contributed by atoms with Gasteiger partial charge in [-0.3, -0.25) is 14.9 Å². The van der Waals surface area contributed by atoms with Gasteiger partial charge in [0.15, 0.2) is 0 Å². The number of nitrogens with zero attached hydrogens (tertiary/aromatic N) is 1. The molecular formula is C20H15F3N2O4. The number of nitro benzene ring substituents is 1. The van der Waals surface area contributed by atoms with Crippen LogP contribution in [-0.2, 0) is 11.0 Å². The first kappa shape index (κ1) is 21.5. The van der Waals surface area contributed by atoms with E-state index in [0.717, 1.165) is 12.1 Å². The Morgan fingerprint density at radius 2 is 1.90 bits per heavy atom. The van der Waals surface area contributed by atoms with Crippen molar-refractivity contribution >= 4 is 17.7 Å². The van der Waals surface area contributed by atoms with Gasteiger partial charge in [-0.1, -0.05) is 17.9 Å². The van der Waals surface area contributed by atoms with Crippen molar-refractivity contribution in [3.63, 3.8) is 0 Å². The number of carbonyl (C=O) groups is 1. The molecule has 9 heteroatoms. The summed E-state index contributed by atoms with van der Waals surface area (Å²) < 4.78 is 42.9. The van der Waals surface area contributed by atoms with Crippen LogP contribution in [-0.4, -0.2) is 24.0 Å². The van der Waals surface area contributed by atoms with Crippen LogP contribution in [0.3, 0.4) is 0 Å². The summed E-state index contributed by atoms with van der Waals surface area (Å²) in [6.07, 6.45) is -1.71. The Morgan fingerprint density at radius 3 is 2.55 bits per heavy atom. The summed E-state index contributed by atoms with van der Waals surface area (Å²) in [6.45, 7) is -0.106. The lowest BCUT2D eigenvalue weighted by molar-refractivity contribution is -0.384. The van der Waals surface area contributed by atoms with E-state index in [4.69, 9.17) is 4.74 Å². The molecule has 0 aliphatic carbocycles. The van der Waals surface area contributed by atoms with Gasteiger partial charge >= 0.3 is 6.18 Å². The molecule has 1 amide bonds.